The van der Waals surface area contributed by atoms with E-state index in [1.54, 1.807) is 0 Å². The molecule has 0 saturated heterocycles. The molecule has 0 amide bonds. The zero-order valence-corrected chi connectivity index (χ0v) is 11.6. The van der Waals surface area contributed by atoms with Crippen molar-refractivity contribution in [2.24, 2.45) is 7.05 Å². The molecule has 1 aromatic rings. The number of rotatable bonds is 9. The highest BCUT2D eigenvalue weighted by Gasteiger charge is 2.11. The van der Waals surface area contributed by atoms with Crippen LogP contribution in [0.25, 0.3) is 0 Å². The summed E-state index contributed by atoms with van der Waals surface area (Å²) >= 11 is 0. The van der Waals surface area contributed by atoms with Crippen molar-refractivity contribution in [3.63, 3.8) is 0 Å². The van der Waals surface area contributed by atoms with Gasteiger partial charge in [0, 0.05) is 24.8 Å². The van der Waals surface area contributed by atoms with Crippen LogP contribution in [0, 0.1) is 0 Å². The molecule has 1 heterocycles. The van der Waals surface area contributed by atoms with Gasteiger partial charge in [0.1, 0.15) is 0 Å². The number of hydrogen-bond donors (Lipinski definition) is 1. The van der Waals surface area contributed by atoms with Gasteiger partial charge in [-0.3, -0.25) is 4.68 Å². The van der Waals surface area contributed by atoms with Gasteiger partial charge in [-0.25, -0.2) is 0 Å². The van der Waals surface area contributed by atoms with Crippen LogP contribution in [-0.4, -0.2) is 16.3 Å². The van der Waals surface area contributed by atoms with E-state index in [0.717, 1.165) is 6.54 Å². The Kier molecular flexibility index (Phi) is 6.94. The fraction of sp³-hybridized carbons (Fsp3) is 0.786. The Balaban J connectivity index is 2.33. The van der Waals surface area contributed by atoms with E-state index in [0.29, 0.717) is 6.04 Å². The van der Waals surface area contributed by atoms with E-state index in [2.05, 4.69) is 30.5 Å². The molecular formula is C14H27N3. The lowest BCUT2D eigenvalue weighted by atomic mass is 10.0. The normalized spacial score (nSPS) is 12.9. The molecule has 1 unspecified atom stereocenters. The Bertz CT molecular complexity index is 293. The van der Waals surface area contributed by atoms with E-state index in [-0.39, 0.29) is 0 Å². The first-order valence-corrected chi connectivity index (χ1v) is 6.99. The summed E-state index contributed by atoms with van der Waals surface area (Å²) in [5, 5.41) is 7.80. The Morgan fingerprint density at radius 1 is 1.24 bits per heavy atom. The van der Waals surface area contributed by atoms with Gasteiger partial charge in [0.15, 0.2) is 0 Å². The van der Waals surface area contributed by atoms with E-state index >= 15 is 0 Å². The number of aromatic nitrogens is 2. The van der Waals surface area contributed by atoms with E-state index in [1.807, 2.05) is 17.9 Å². The van der Waals surface area contributed by atoms with Crippen LogP contribution in [0.4, 0.5) is 0 Å². The maximum atomic E-state index is 4.25. The predicted octanol–water partition coefficient (Wildman–Crippen LogP) is 3.43. The average Bonchev–Trinajstić information content (AvgIpc) is 2.74. The van der Waals surface area contributed by atoms with E-state index < -0.39 is 0 Å². The molecule has 0 aromatic carbocycles. The van der Waals surface area contributed by atoms with Crippen LogP contribution in [0.2, 0.25) is 0 Å². The molecule has 0 bridgehead atoms. The summed E-state index contributed by atoms with van der Waals surface area (Å²) in [4.78, 5) is 0. The van der Waals surface area contributed by atoms with Crippen molar-refractivity contribution in [1.29, 1.82) is 0 Å². The third-order valence-electron chi connectivity index (χ3n) is 3.17. The van der Waals surface area contributed by atoms with Gasteiger partial charge < -0.3 is 5.32 Å². The second-order valence-corrected chi connectivity index (χ2v) is 4.76. The second kappa shape index (κ2) is 8.29. The third kappa shape index (κ3) is 5.35. The van der Waals surface area contributed by atoms with E-state index in [4.69, 9.17) is 0 Å². The molecular weight excluding hydrogens is 210 g/mol. The van der Waals surface area contributed by atoms with Crippen LogP contribution >= 0.6 is 0 Å². The topological polar surface area (TPSA) is 29.9 Å². The molecule has 1 atom stereocenters. The largest absolute Gasteiger partial charge is 0.310 e. The number of nitrogens with one attached hydrogen (secondary N) is 1. The summed E-state index contributed by atoms with van der Waals surface area (Å²) in [6, 6.07) is 0.482. The highest BCUT2D eigenvalue weighted by Crippen LogP contribution is 2.19. The lowest BCUT2D eigenvalue weighted by molar-refractivity contribution is 0.478. The fourth-order valence-electron chi connectivity index (χ4n) is 2.21. The maximum absolute atomic E-state index is 4.25. The first-order valence-electron chi connectivity index (χ1n) is 6.99. The predicted molar refractivity (Wildman–Crippen MR) is 73.0 cm³/mol. The van der Waals surface area contributed by atoms with E-state index in [1.165, 1.54) is 44.1 Å². The van der Waals surface area contributed by atoms with Gasteiger partial charge in [-0.15, -0.1) is 0 Å². The maximum Gasteiger partial charge on any atom is 0.0537 e. The quantitative estimate of drug-likeness (QED) is 0.667. The lowest BCUT2D eigenvalue weighted by Crippen LogP contribution is -2.20. The van der Waals surface area contributed by atoms with Gasteiger partial charge >= 0.3 is 0 Å². The smallest absolute Gasteiger partial charge is 0.0537 e. The van der Waals surface area contributed by atoms with Crippen molar-refractivity contribution in [3.8, 4) is 0 Å². The molecule has 98 valence electrons. The van der Waals surface area contributed by atoms with Crippen LogP contribution in [0.3, 0.4) is 0 Å². The van der Waals surface area contributed by atoms with Gasteiger partial charge in [-0.05, 0) is 13.0 Å². The van der Waals surface area contributed by atoms with Crippen molar-refractivity contribution >= 4 is 0 Å². The Morgan fingerprint density at radius 3 is 2.59 bits per heavy atom. The molecule has 0 fully saturated rings. The summed E-state index contributed by atoms with van der Waals surface area (Å²) in [5.74, 6) is 0. The average molecular weight is 237 g/mol. The molecule has 0 spiro atoms. The summed E-state index contributed by atoms with van der Waals surface area (Å²) in [6.07, 6.45) is 12.1. The van der Waals surface area contributed by atoms with Crippen LogP contribution in [0.1, 0.15) is 64.0 Å². The van der Waals surface area contributed by atoms with Crippen molar-refractivity contribution in [1.82, 2.24) is 15.1 Å². The first-order chi connectivity index (χ1) is 8.27. The standard InChI is InChI=1S/C14H27N3/c1-4-6-7-8-9-10-14(15-5-2)13-11-16-17(3)12-13/h11-12,14-15H,4-10H2,1-3H3. The molecule has 1 aromatic heterocycles. The van der Waals surface area contributed by atoms with Crippen LogP contribution in [0.15, 0.2) is 12.4 Å². The molecule has 0 radical (unpaired) electrons. The minimum atomic E-state index is 0.482. The van der Waals surface area contributed by atoms with Crippen molar-refractivity contribution < 1.29 is 0 Å². The van der Waals surface area contributed by atoms with Crippen molar-refractivity contribution in [2.75, 3.05) is 6.54 Å². The molecule has 3 nitrogen and oxygen atoms in total. The Labute approximate surface area is 106 Å². The molecule has 3 heteroatoms. The number of unbranched alkanes of at least 4 members (excludes halogenated alkanes) is 4. The molecule has 0 aliphatic carbocycles. The van der Waals surface area contributed by atoms with Crippen LogP contribution in [-0.2, 0) is 7.05 Å². The molecule has 1 N–H and O–H groups in total. The lowest BCUT2D eigenvalue weighted by Gasteiger charge is -2.16. The molecule has 17 heavy (non-hydrogen) atoms. The van der Waals surface area contributed by atoms with Gasteiger partial charge in [0.2, 0.25) is 0 Å². The molecule has 0 aliphatic rings. The zero-order valence-electron chi connectivity index (χ0n) is 11.6. The van der Waals surface area contributed by atoms with Crippen LogP contribution < -0.4 is 5.32 Å². The first kappa shape index (κ1) is 14.2. The summed E-state index contributed by atoms with van der Waals surface area (Å²) in [7, 11) is 1.98. The fourth-order valence-corrected chi connectivity index (χ4v) is 2.21. The summed E-state index contributed by atoms with van der Waals surface area (Å²) < 4.78 is 1.89. The number of nitrogens with zero attached hydrogens (tertiary/aromatic N) is 2. The van der Waals surface area contributed by atoms with Crippen molar-refractivity contribution in [2.45, 2.75) is 58.4 Å². The monoisotopic (exact) mass is 237 g/mol. The highest BCUT2D eigenvalue weighted by molar-refractivity contribution is 5.09. The SMILES string of the molecule is CCCCCCCC(NCC)c1cnn(C)c1. The second-order valence-electron chi connectivity index (χ2n) is 4.76. The minimum Gasteiger partial charge on any atom is -0.310 e. The van der Waals surface area contributed by atoms with Crippen molar-refractivity contribution in [3.05, 3.63) is 18.0 Å². The van der Waals surface area contributed by atoms with Gasteiger partial charge in [-0.1, -0.05) is 46.0 Å². The highest BCUT2D eigenvalue weighted by atomic mass is 15.2. The third-order valence-corrected chi connectivity index (χ3v) is 3.17. The van der Waals surface area contributed by atoms with Gasteiger partial charge in [-0.2, -0.15) is 5.10 Å². The summed E-state index contributed by atoms with van der Waals surface area (Å²) in [6.45, 7) is 5.45. The number of hydrogen-bond acceptors (Lipinski definition) is 2. The van der Waals surface area contributed by atoms with Crippen LogP contribution in [0.5, 0.6) is 0 Å². The molecule has 0 saturated carbocycles. The Hall–Kier alpha value is -0.830. The zero-order chi connectivity index (χ0) is 12.5. The molecule has 1 rings (SSSR count). The summed E-state index contributed by atoms with van der Waals surface area (Å²) in [5.41, 5.74) is 1.32. The van der Waals surface area contributed by atoms with Gasteiger partial charge in [0.25, 0.3) is 0 Å². The van der Waals surface area contributed by atoms with Gasteiger partial charge in [0.05, 0.1) is 6.20 Å². The minimum absolute atomic E-state index is 0.482. The number of aryl methyl sites for hydroxylation is 1. The van der Waals surface area contributed by atoms with E-state index in [9.17, 15) is 0 Å². The molecule has 0 aliphatic heterocycles. The Morgan fingerprint density at radius 2 is 2.00 bits per heavy atom.